The fourth-order valence-corrected chi connectivity index (χ4v) is 2.73. The average molecular weight is 362 g/mol. The maximum absolute atomic E-state index is 13.3. The first-order valence-electron chi connectivity index (χ1n) is 7.45. The van der Waals surface area contributed by atoms with Crippen LogP contribution >= 0.6 is 11.6 Å². The standard InChI is InChI=1S/C18H13ClFNO4/c1-2-24-18(23)21-11-4-6-13-14(9-17(22)25-16(13)8-11)12-5-3-10(20)7-15(12)19/h3-9H,2H2,1H3,(H,21,23). The van der Waals surface area contributed by atoms with Gasteiger partial charge >= 0.3 is 11.7 Å². The molecule has 1 aromatic heterocycles. The molecule has 0 saturated heterocycles. The number of benzene rings is 2. The van der Waals surface area contributed by atoms with Gasteiger partial charge in [0.15, 0.2) is 0 Å². The van der Waals surface area contributed by atoms with Crippen LogP contribution in [0.3, 0.4) is 0 Å². The second-order valence-corrected chi connectivity index (χ2v) is 5.57. The van der Waals surface area contributed by atoms with Crippen LogP contribution in [-0.2, 0) is 4.74 Å². The van der Waals surface area contributed by atoms with E-state index in [9.17, 15) is 14.0 Å². The Morgan fingerprint density at radius 1 is 1.20 bits per heavy atom. The maximum atomic E-state index is 13.3. The van der Waals surface area contributed by atoms with Gasteiger partial charge in [0, 0.05) is 34.3 Å². The van der Waals surface area contributed by atoms with Crippen molar-refractivity contribution in [3.05, 3.63) is 63.7 Å². The first kappa shape index (κ1) is 17.0. The molecule has 128 valence electrons. The van der Waals surface area contributed by atoms with E-state index in [-0.39, 0.29) is 17.2 Å². The van der Waals surface area contributed by atoms with Crippen LogP contribution in [0.1, 0.15) is 6.92 Å². The van der Waals surface area contributed by atoms with E-state index >= 15 is 0 Å². The zero-order chi connectivity index (χ0) is 18.0. The molecular formula is C18H13ClFNO4. The molecule has 0 aliphatic rings. The minimum Gasteiger partial charge on any atom is -0.450 e. The molecule has 0 atom stereocenters. The van der Waals surface area contributed by atoms with E-state index in [1.165, 1.54) is 30.3 Å². The van der Waals surface area contributed by atoms with Gasteiger partial charge < -0.3 is 9.15 Å². The van der Waals surface area contributed by atoms with Gasteiger partial charge in [-0.1, -0.05) is 11.6 Å². The van der Waals surface area contributed by atoms with Gasteiger partial charge in [0.05, 0.1) is 11.6 Å². The van der Waals surface area contributed by atoms with E-state index in [0.29, 0.717) is 22.2 Å². The van der Waals surface area contributed by atoms with Crippen molar-refractivity contribution in [3.8, 4) is 11.1 Å². The third-order valence-corrected chi connectivity index (χ3v) is 3.80. The average Bonchev–Trinajstić information content (AvgIpc) is 2.54. The zero-order valence-corrected chi connectivity index (χ0v) is 13.9. The molecule has 25 heavy (non-hydrogen) atoms. The minimum atomic E-state index is -0.609. The van der Waals surface area contributed by atoms with E-state index in [2.05, 4.69) is 5.32 Å². The maximum Gasteiger partial charge on any atom is 0.411 e. The van der Waals surface area contributed by atoms with Crippen molar-refractivity contribution >= 4 is 34.4 Å². The highest BCUT2D eigenvalue weighted by molar-refractivity contribution is 6.33. The molecule has 0 fully saturated rings. The second-order valence-electron chi connectivity index (χ2n) is 5.16. The molecule has 3 rings (SSSR count). The number of hydrogen-bond donors (Lipinski definition) is 1. The van der Waals surface area contributed by atoms with Gasteiger partial charge in [-0.25, -0.2) is 14.0 Å². The molecule has 7 heteroatoms. The number of anilines is 1. The van der Waals surface area contributed by atoms with Crippen LogP contribution in [-0.4, -0.2) is 12.7 Å². The fraction of sp³-hybridized carbons (Fsp3) is 0.111. The largest absolute Gasteiger partial charge is 0.450 e. The first-order chi connectivity index (χ1) is 12.0. The zero-order valence-electron chi connectivity index (χ0n) is 13.1. The van der Waals surface area contributed by atoms with Crippen molar-refractivity contribution in [2.24, 2.45) is 0 Å². The SMILES string of the molecule is CCOC(=O)Nc1ccc2c(-c3ccc(F)cc3Cl)cc(=O)oc2c1. The summed E-state index contributed by atoms with van der Waals surface area (Å²) in [5.74, 6) is -0.470. The van der Waals surface area contributed by atoms with Crippen molar-refractivity contribution in [2.45, 2.75) is 6.92 Å². The summed E-state index contributed by atoms with van der Waals surface area (Å²) in [6, 6.07) is 10.0. The predicted molar refractivity (Wildman–Crippen MR) is 93.5 cm³/mol. The summed E-state index contributed by atoms with van der Waals surface area (Å²) < 4.78 is 23.3. The molecule has 3 aromatic rings. The van der Waals surface area contributed by atoms with Crippen LogP contribution in [0, 0.1) is 5.82 Å². The smallest absolute Gasteiger partial charge is 0.411 e. The summed E-state index contributed by atoms with van der Waals surface area (Å²) in [5.41, 5.74) is 1.11. The third kappa shape index (κ3) is 3.64. The van der Waals surface area contributed by atoms with E-state index in [1.54, 1.807) is 19.1 Å². The molecule has 2 aromatic carbocycles. The number of rotatable bonds is 3. The number of carbonyl (C=O) groups is 1. The number of nitrogens with one attached hydrogen (secondary N) is 1. The number of carbonyl (C=O) groups excluding carboxylic acids is 1. The summed E-state index contributed by atoms with van der Waals surface area (Å²) in [7, 11) is 0. The lowest BCUT2D eigenvalue weighted by molar-refractivity contribution is 0.168. The Morgan fingerprint density at radius 3 is 2.72 bits per heavy atom. The Hall–Kier alpha value is -2.86. The molecule has 0 aliphatic carbocycles. The molecule has 1 N–H and O–H groups in total. The lowest BCUT2D eigenvalue weighted by atomic mass is 10.0. The number of hydrogen-bond acceptors (Lipinski definition) is 4. The van der Waals surface area contributed by atoms with E-state index < -0.39 is 17.5 Å². The number of ether oxygens (including phenoxy) is 1. The van der Waals surface area contributed by atoms with Crippen molar-refractivity contribution in [1.82, 2.24) is 0 Å². The minimum absolute atomic E-state index is 0.181. The van der Waals surface area contributed by atoms with E-state index in [1.807, 2.05) is 0 Å². The lowest BCUT2D eigenvalue weighted by Gasteiger charge is -2.10. The summed E-state index contributed by atoms with van der Waals surface area (Å²) in [6.07, 6.45) is -0.609. The molecule has 1 heterocycles. The molecule has 0 unspecified atom stereocenters. The van der Waals surface area contributed by atoms with Crippen LogP contribution in [0.2, 0.25) is 5.02 Å². The van der Waals surface area contributed by atoms with Gasteiger partial charge in [-0.3, -0.25) is 5.32 Å². The van der Waals surface area contributed by atoms with Gasteiger partial charge in [0.25, 0.3) is 0 Å². The van der Waals surface area contributed by atoms with Crippen LogP contribution in [0.5, 0.6) is 0 Å². The third-order valence-electron chi connectivity index (χ3n) is 3.49. The highest BCUT2D eigenvalue weighted by Crippen LogP contribution is 2.33. The Labute approximate surface area is 147 Å². The quantitative estimate of drug-likeness (QED) is 0.679. The first-order valence-corrected chi connectivity index (χ1v) is 7.83. The molecular weight excluding hydrogens is 349 g/mol. The van der Waals surface area contributed by atoms with Crippen molar-refractivity contribution in [1.29, 1.82) is 0 Å². The van der Waals surface area contributed by atoms with Crippen LogP contribution < -0.4 is 10.9 Å². The summed E-state index contributed by atoms with van der Waals surface area (Å²) >= 11 is 6.11. The number of amides is 1. The van der Waals surface area contributed by atoms with Crippen molar-refractivity contribution in [3.63, 3.8) is 0 Å². The fourth-order valence-electron chi connectivity index (χ4n) is 2.46. The molecule has 0 spiro atoms. The lowest BCUT2D eigenvalue weighted by Crippen LogP contribution is -2.13. The molecule has 5 nitrogen and oxygen atoms in total. The Bertz CT molecular complexity index is 1020. The number of halogens is 2. The highest BCUT2D eigenvalue weighted by atomic mass is 35.5. The second kappa shape index (κ2) is 6.94. The predicted octanol–water partition coefficient (Wildman–Crippen LogP) is 4.82. The van der Waals surface area contributed by atoms with E-state index in [0.717, 1.165) is 0 Å². The van der Waals surface area contributed by atoms with Gasteiger partial charge in [-0.2, -0.15) is 0 Å². The van der Waals surface area contributed by atoms with Gasteiger partial charge in [-0.15, -0.1) is 0 Å². The van der Waals surface area contributed by atoms with E-state index in [4.69, 9.17) is 20.8 Å². The molecule has 1 amide bonds. The van der Waals surface area contributed by atoms with Crippen molar-refractivity contribution < 1.29 is 18.3 Å². The topological polar surface area (TPSA) is 68.5 Å². The monoisotopic (exact) mass is 361 g/mol. The van der Waals surface area contributed by atoms with Crippen LogP contribution in [0.4, 0.5) is 14.9 Å². The normalized spacial score (nSPS) is 10.7. The van der Waals surface area contributed by atoms with Crippen LogP contribution in [0.15, 0.2) is 51.7 Å². The highest BCUT2D eigenvalue weighted by Gasteiger charge is 2.13. The van der Waals surface area contributed by atoms with Crippen molar-refractivity contribution in [2.75, 3.05) is 11.9 Å². The summed E-state index contributed by atoms with van der Waals surface area (Å²) in [5, 5.41) is 3.31. The Kier molecular flexibility index (Phi) is 4.72. The van der Waals surface area contributed by atoms with Crippen LogP contribution in [0.25, 0.3) is 22.1 Å². The van der Waals surface area contributed by atoms with Gasteiger partial charge in [0.2, 0.25) is 0 Å². The summed E-state index contributed by atoms with van der Waals surface area (Å²) in [4.78, 5) is 23.4. The molecule has 0 bridgehead atoms. The Balaban J connectivity index is 2.11. The number of fused-ring (bicyclic) bond motifs is 1. The van der Waals surface area contributed by atoms with Gasteiger partial charge in [0.1, 0.15) is 11.4 Å². The van der Waals surface area contributed by atoms with Gasteiger partial charge in [-0.05, 0) is 37.3 Å². The molecule has 0 saturated carbocycles. The summed E-state index contributed by atoms with van der Waals surface area (Å²) in [6.45, 7) is 1.93. The Morgan fingerprint density at radius 2 is 2.00 bits per heavy atom. The molecule has 0 radical (unpaired) electrons. The molecule has 0 aliphatic heterocycles.